The van der Waals surface area contributed by atoms with Crippen molar-refractivity contribution in [1.29, 1.82) is 0 Å². The fraction of sp³-hybridized carbons (Fsp3) is 0.578. The number of ether oxygens (including phenoxy) is 5. The molecule has 4 atom stereocenters. The van der Waals surface area contributed by atoms with Crippen LogP contribution in [-0.4, -0.2) is 114 Å². The van der Waals surface area contributed by atoms with Crippen LogP contribution in [0.3, 0.4) is 0 Å². The molecule has 0 saturated heterocycles. The molecular formula is C45H72N2O17P2Si. The second-order valence-electron chi connectivity index (χ2n) is 16.5. The highest BCUT2D eigenvalue weighted by molar-refractivity contribution is 7.58. The van der Waals surface area contributed by atoms with Crippen LogP contribution in [0.4, 0.5) is 0 Å². The molecule has 0 aliphatic carbocycles. The van der Waals surface area contributed by atoms with Gasteiger partial charge < -0.3 is 48.3 Å². The summed E-state index contributed by atoms with van der Waals surface area (Å²) in [4.78, 5) is 58.8. The summed E-state index contributed by atoms with van der Waals surface area (Å²) in [7, 11) is -6.32. The van der Waals surface area contributed by atoms with Crippen molar-refractivity contribution in [1.82, 2.24) is 10.6 Å². The Morgan fingerprint density at radius 2 is 1.61 bits per heavy atom. The molecule has 1 aliphatic heterocycles. The zero-order chi connectivity index (χ0) is 51.0. The first-order valence-corrected chi connectivity index (χ1v) is 29.6. The van der Waals surface area contributed by atoms with E-state index in [1.807, 2.05) is 19.9 Å². The van der Waals surface area contributed by atoms with Crippen LogP contribution < -0.4 is 24.6 Å². The van der Waals surface area contributed by atoms with E-state index in [1.54, 1.807) is 45.2 Å². The molecule has 2 aromatic rings. The smallest absolute Gasteiger partial charge is 0.383 e. The number of carbonyl (C=O) groups is 5. The lowest BCUT2D eigenvalue weighted by atomic mass is 9.95. The summed E-state index contributed by atoms with van der Waals surface area (Å²) in [6.07, 6.45) is 1.08. The Kier molecular flexibility index (Phi) is 27.1. The Morgan fingerprint density at radius 3 is 2.16 bits per heavy atom. The number of fused-ring (bicyclic) bond motifs is 1. The van der Waals surface area contributed by atoms with E-state index in [-0.39, 0.29) is 50.4 Å². The van der Waals surface area contributed by atoms with E-state index < -0.39 is 53.3 Å². The molecule has 1 aliphatic rings. The normalized spacial score (nSPS) is 14.7. The third-order valence-corrected chi connectivity index (χ3v) is 14.6. The van der Waals surface area contributed by atoms with Crippen molar-refractivity contribution in [3.63, 3.8) is 0 Å². The average Bonchev–Trinajstić information content (AvgIpc) is 3.63. The van der Waals surface area contributed by atoms with Crippen molar-refractivity contribution in [3.05, 3.63) is 64.2 Å². The van der Waals surface area contributed by atoms with Gasteiger partial charge in [-0.05, 0) is 64.8 Å². The second kappa shape index (κ2) is 30.0. The summed E-state index contributed by atoms with van der Waals surface area (Å²) in [5, 5.41) is 13.1. The lowest BCUT2D eigenvalue weighted by Crippen LogP contribution is -2.26. The van der Waals surface area contributed by atoms with Crippen molar-refractivity contribution in [2.45, 2.75) is 113 Å². The molecule has 67 heavy (non-hydrogen) atoms. The highest BCUT2D eigenvalue weighted by Gasteiger charge is 2.34. The Hall–Kier alpha value is -4.55. The standard InChI is InChI=1S/C33H48NO9PSi.C10H20NO5P.C2H4O3/c1-9-29(35)41-25(4)42-44(37,43-26-13-11-10-12-14-26)19-17-34-21-23(2)15-16-27-31(38-5)24(3)28-22-40-33(36)30(28)32(27)39-18-20-45(6,7)8;1-5-15-10(13)8(2)16-17(4,14)7-6-11-9(3)12;1-2(3)5-4/h10-15,25,34H,9,16-22H2,1-8H3;8H,5-7H2,1-4H3,(H,11,12);4H,1H3/b23-15+;;/t25-,44?;8-,17?;/m00./s1. The van der Waals surface area contributed by atoms with Crippen LogP contribution in [0.2, 0.25) is 25.7 Å². The number of benzene rings is 2. The molecule has 1 heterocycles. The van der Waals surface area contributed by atoms with E-state index in [1.165, 1.54) is 27.4 Å². The molecule has 0 radical (unpaired) electrons. The Labute approximate surface area is 396 Å². The molecule has 0 spiro atoms. The van der Waals surface area contributed by atoms with Gasteiger partial charge in [0.25, 0.3) is 0 Å². The van der Waals surface area contributed by atoms with Crippen LogP contribution in [0.5, 0.6) is 17.2 Å². The van der Waals surface area contributed by atoms with Gasteiger partial charge in [0.15, 0.2) is 6.10 Å². The molecule has 0 aromatic heterocycles. The molecule has 2 aromatic carbocycles. The topological polar surface area (TPSA) is 247 Å². The van der Waals surface area contributed by atoms with Gasteiger partial charge in [-0.1, -0.05) is 56.4 Å². The fourth-order valence-electron chi connectivity index (χ4n) is 5.88. The van der Waals surface area contributed by atoms with E-state index in [4.69, 9.17) is 42.5 Å². The molecule has 0 bridgehead atoms. The van der Waals surface area contributed by atoms with Gasteiger partial charge in [0.2, 0.25) is 19.6 Å². The summed E-state index contributed by atoms with van der Waals surface area (Å²) in [5.74, 6) is -0.603. The summed E-state index contributed by atoms with van der Waals surface area (Å²) in [5.41, 5.74) is 4.02. The molecule has 3 N–H and O–H groups in total. The monoisotopic (exact) mass is 1000 g/mol. The zero-order valence-electron chi connectivity index (χ0n) is 41.3. The van der Waals surface area contributed by atoms with E-state index in [0.717, 1.165) is 35.2 Å². The molecule has 22 heteroatoms. The maximum absolute atomic E-state index is 13.7. The molecule has 0 fully saturated rings. The SMILES string of the molecule is CC(=O)OO.CCC(=O)O[C@H](C)OP(=O)(CCNC/C(C)=C/Cc1c(OC)c(C)c2c(c1OCC[Si](C)(C)C)C(=O)OC2)Oc1ccccc1.CCOC(=O)[C@H](C)OP(C)(=O)CCNC(C)=O. The summed E-state index contributed by atoms with van der Waals surface area (Å²) >= 11 is 0. The average molecular weight is 1000 g/mol. The van der Waals surface area contributed by atoms with E-state index >= 15 is 0 Å². The number of esters is 3. The van der Waals surface area contributed by atoms with Crippen LogP contribution >= 0.6 is 15.0 Å². The maximum atomic E-state index is 13.7. The Balaban J connectivity index is 0.000000844. The molecule has 378 valence electrons. The minimum absolute atomic E-state index is 0.0538. The third kappa shape index (κ3) is 23.8. The third-order valence-electron chi connectivity index (χ3n) is 9.25. The van der Waals surface area contributed by atoms with Crippen LogP contribution in [0.15, 0.2) is 42.0 Å². The molecule has 1 amide bonds. The van der Waals surface area contributed by atoms with E-state index in [0.29, 0.717) is 48.9 Å². The number of methoxy groups -OCH3 is 1. The predicted molar refractivity (Wildman–Crippen MR) is 256 cm³/mol. The largest absolute Gasteiger partial charge is 0.496 e. The van der Waals surface area contributed by atoms with Crippen LogP contribution in [0, 0.1) is 6.92 Å². The van der Waals surface area contributed by atoms with Crippen molar-refractivity contribution in [2.24, 2.45) is 0 Å². The molecular weight excluding hydrogens is 931 g/mol. The van der Waals surface area contributed by atoms with E-state index in [9.17, 15) is 33.1 Å². The molecule has 2 unspecified atom stereocenters. The quantitative estimate of drug-likeness (QED) is 0.00979. The summed E-state index contributed by atoms with van der Waals surface area (Å²) in [6.45, 7) is 23.1. The number of hydrogen-bond acceptors (Lipinski definition) is 18. The lowest BCUT2D eigenvalue weighted by molar-refractivity contribution is -0.231. The van der Waals surface area contributed by atoms with Gasteiger partial charge >= 0.3 is 31.5 Å². The summed E-state index contributed by atoms with van der Waals surface area (Å²) in [6, 6.07) is 9.71. The molecule has 0 saturated carbocycles. The Bertz CT molecular complexity index is 2060. The van der Waals surface area contributed by atoms with Crippen LogP contribution in [-0.2, 0) is 69.5 Å². The van der Waals surface area contributed by atoms with Gasteiger partial charge in [-0.25, -0.2) is 18.9 Å². The fourth-order valence-corrected chi connectivity index (χ4v) is 9.58. The van der Waals surface area contributed by atoms with Gasteiger partial charge in [0.05, 0.1) is 26.5 Å². The van der Waals surface area contributed by atoms with Gasteiger partial charge in [0.1, 0.15) is 29.4 Å². The first-order chi connectivity index (χ1) is 31.3. The lowest BCUT2D eigenvalue weighted by Gasteiger charge is -2.23. The number of amides is 1. The number of hydrogen-bond donors (Lipinski definition) is 3. The molecule has 19 nitrogen and oxygen atoms in total. The number of nitrogens with one attached hydrogen (secondary N) is 2. The first kappa shape index (κ1) is 60.5. The van der Waals surface area contributed by atoms with Crippen molar-refractivity contribution >= 4 is 52.8 Å². The van der Waals surface area contributed by atoms with Crippen molar-refractivity contribution in [3.8, 4) is 17.2 Å². The maximum Gasteiger partial charge on any atom is 0.383 e. The van der Waals surface area contributed by atoms with Gasteiger partial charge in [-0.15, -0.1) is 0 Å². The number of allylic oxidation sites excluding steroid dienone is 1. The number of rotatable bonds is 25. The van der Waals surface area contributed by atoms with Crippen LogP contribution in [0.25, 0.3) is 0 Å². The molecule has 3 rings (SSSR count). The highest BCUT2D eigenvalue weighted by Crippen LogP contribution is 2.49. The zero-order valence-corrected chi connectivity index (χ0v) is 44.1. The van der Waals surface area contributed by atoms with Crippen molar-refractivity contribution < 1.29 is 80.5 Å². The highest BCUT2D eigenvalue weighted by atomic mass is 31.2. The minimum Gasteiger partial charge on any atom is -0.496 e. The van der Waals surface area contributed by atoms with E-state index in [2.05, 4.69) is 41.2 Å². The second-order valence-corrected chi connectivity index (χ2v) is 26.9. The number of para-hydroxylation sites is 1. The van der Waals surface area contributed by atoms with Gasteiger partial charge in [0, 0.05) is 71.9 Å². The summed E-state index contributed by atoms with van der Waals surface area (Å²) < 4.78 is 69.6. The first-order valence-electron chi connectivity index (χ1n) is 21.9. The predicted octanol–water partition coefficient (Wildman–Crippen LogP) is 8.08. The van der Waals surface area contributed by atoms with Crippen molar-refractivity contribution in [2.75, 3.05) is 58.9 Å². The van der Waals surface area contributed by atoms with Crippen LogP contribution in [0.1, 0.15) is 81.9 Å². The van der Waals surface area contributed by atoms with Gasteiger partial charge in [-0.3, -0.25) is 18.7 Å². The van der Waals surface area contributed by atoms with Gasteiger partial charge in [-0.2, -0.15) is 5.26 Å². The minimum atomic E-state index is -3.68. The Morgan fingerprint density at radius 1 is 0.970 bits per heavy atom. The number of carbonyl (C=O) groups excluding carboxylic acids is 5. The number of cyclic esters (lactones) is 1.